The van der Waals surface area contributed by atoms with Gasteiger partial charge in [-0.2, -0.15) is 18.3 Å². The monoisotopic (exact) mass is 480 g/mol. The SMILES string of the molecule is COC[C@H](c1cnn2cc([C@@H](N)[C@@H](C)O[C@@H](C)C(F)(F)F)nc2c1)N1CC(F)(F)CNC1=O. The summed E-state index contributed by atoms with van der Waals surface area (Å²) in [6.45, 7) is 0.661. The summed E-state index contributed by atoms with van der Waals surface area (Å²) in [5, 5.41) is 6.33. The minimum Gasteiger partial charge on any atom is -0.382 e. The van der Waals surface area contributed by atoms with Crippen LogP contribution in [0.15, 0.2) is 18.5 Å². The van der Waals surface area contributed by atoms with Crippen LogP contribution in [0.5, 0.6) is 0 Å². The molecule has 2 aromatic heterocycles. The number of halogens is 5. The summed E-state index contributed by atoms with van der Waals surface area (Å²) in [5.41, 5.74) is 6.92. The van der Waals surface area contributed by atoms with Gasteiger partial charge >= 0.3 is 12.2 Å². The van der Waals surface area contributed by atoms with E-state index in [9.17, 15) is 26.7 Å². The number of imidazole rings is 1. The third kappa shape index (κ3) is 5.68. The number of ether oxygens (including phenoxy) is 2. The molecule has 33 heavy (non-hydrogen) atoms. The lowest BCUT2D eigenvalue weighted by Crippen LogP contribution is -2.58. The first-order chi connectivity index (χ1) is 15.3. The second-order valence-electron chi connectivity index (χ2n) is 7.92. The Balaban J connectivity index is 1.85. The van der Waals surface area contributed by atoms with Gasteiger partial charge in [0, 0.05) is 12.7 Å². The van der Waals surface area contributed by atoms with Crippen molar-refractivity contribution in [3.05, 3.63) is 29.7 Å². The molecule has 0 spiro atoms. The van der Waals surface area contributed by atoms with Gasteiger partial charge in [-0.05, 0) is 19.9 Å². The van der Waals surface area contributed by atoms with E-state index in [4.69, 9.17) is 15.2 Å². The number of amides is 2. The Morgan fingerprint density at radius 1 is 1.33 bits per heavy atom. The van der Waals surface area contributed by atoms with Gasteiger partial charge < -0.3 is 25.4 Å². The molecule has 0 saturated carbocycles. The Bertz CT molecular complexity index is 984. The number of fused-ring (bicyclic) bond motifs is 1. The van der Waals surface area contributed by atoms with Crippen molar-refractivity contribution in [1.82, 2.24) is 24.8 Å². The Morgan fingerprint density at radius 2 is 2.03 bits per heavy atom. The van der Waals surface area contributed by atoms with E-state index in [1.807, 2.05) is 0 Å². The molecular weight excluding hydrogens is 455 g/mol. The molecule has 3 N–H and O–H groups in total. The number of nitrogens with zero attached hydrogens (tertiary/aromatic N) is 4. The molecule has 184 valence electrons. The van der Waals surface area contributed by atoms with Crippen LogP contribution >= 0.6 is 0 Å². The number of carbonyl (C=O) groups excluding carboxylic acids is 1. The predicted octanol–water partition coefficient (Wildman–Crippen LogP) is 2.43. The molecular formula is C19H25F5N6O3. The number of nitrogens with one attached hydrogen (secondary N) is 1. The molecule has 0 radical (unpaired) electrons. The van der Waals surface area contributed by atoms with Crippen LogP contribution in [0.2, 0.25) is 0 Å². The van der Waals surface area contributed by atoms with Gasteiger partial charge in [0.25, 0.3) is 5.92 Å². The second-order valence-corrected chi connectivity index (χ2v) is 7.92. The molecule has 1 aliphatic heterocycles. The maximum absolute atomic E-state index is 13.9. The van der Waals surface area contributed by atoms with E-state index in [1.54, 1.807) is 0 Å². The van der Waals surface area contributed by atoms with E-state index >= 15 is 0 Å². The van der Waals surface area contributed by atoms with Crippen LogP contribution in [0.25, 0.3) is 5.65 Å². The first-order valence-corrected chi connectivity index (χ1v) is 10.1. The molecule has 0 aromatic carbocycles. The van der Waals surface area contributed by atoms with Gasteiger partial charge in [-0.1, -0.05) is 0 Å². The fourth-order valence-electron chi connectivity index (χ4n) is 3.44. The second kappa shape index (κ2) is 9.35. The predicted molar refractivity (Wildman–Crippen MR) is 106 cm³/mol. The van der Waals surface area contributed by atoms with Crippen LogP contribution in [0, 0.1) is 0 Å². The summed E-state index contributed by atoms with van der Waals surface area (Å²) < 4.78 is 77.6. The maximum Gasteiger partial charge on any atom is 0.414 e. The fourth-order valence-corrected chi connectivity index (χ4v) is 3.44. The van der Waals surface area contributed by atoms with Crippen LogP contribution in [0.1, 0.15) is 37.2 Å². The number of aromatic nitrogens is 3. The normalized spacial score (nSPS) is 20.4. The average Bonchev–Trinajstić information content (AvgIpc) is 3.15. The van der Waals surface area contributed by atoms with Crippen molar-refractivity contribution in [2.75, 3.05) is 26.8 Å². The quantitative estimate of drug-likeness (QED) is 0.562. The van der Waals surface area contributed by atoms with Crippen molar-refractivity contribution < 1.29 is 36.2 Å². The van der Waals surface area contributed by atoms with Gasteiger partial charge in [0.1, 0.15) is 0 Å². The van der Waals surface area contributed by atoms with Crippen molar-refractivity contribution in [3.63, 3.8) is 0 Å². The van der Waals surface area contributed by atoms with E-state index in [2.05, 4.69) is 15.4 Å². The summed E-state index contributed by atoms with van der Waals surface area (Å²) in [6.07, 6.45) is -4.73. The van der Waals surface area contributed by atoms with Crippen molar-refractivity contribution in [2.45, 2.75) is 50.2 Å². The smallest absolute Gasteiger partial charge is 0.382 e. The number of rotatable bonds is 8. The molecule has 14 heteroatoms. The van der Waals surface area contributed by atoms with Gasteiger partial charge in [-0.3, -0.25) is 0 Å². The van der Waals surface area contributed by atoms with E-state index in [1.165, 1.54) is 37.0 Å². The molecule has 1 fully saturated rings. The lowest BCUT2D eigenvalue weighted by Gasteiger charge is -2.38. The Kier molecular flexibility index (Phi) is 7.10. The third-order valence-electron chi connectivity index (χ3n) is 5.33. The highest BCUT2D eigenvalue weighted by molar-refractivity contribution is 5.76. The molecule has 3 rings (SSSR count). The highest BCUT2D eigenvalue weighted by Crippen LogP contribution is 2.29. The largest absolute Gasteiger partial charge is 0.414 e. The summed E-state index contributed by atoms with van der Waals surface area (Å²) >= 11 is 0. The number of alkyl halides is 5. The topological polar surface area (TPSA) is 107 Å². The van der Waals surface area contributed by atoms with E-state index in [-0.39, 0.29) is 17.9 Å². The van der Waals surface area contributed by atoms with Crippen molar-refractivity contribution >= 4 is 11.7 Å². The van der Waals surface area contributed by atoms with Crippen LogP contribution in [0.3, 0.4) is 0 Å². The zero-order chi connectivity index (χ0) is 24.6. The van der Waals surface area contributed by atoms with E-state index in [0.29, 0.717) is 5.56 Å². The number of carbonyl (C=O) groups is 1. The number of hydrogen-bond acceptors (Lipinski definition) is 6. The van der Waals surface area contributed by atoms with Crippen LogP contribution in [-0.4, -0.2) is 76.6 Å². The lowest BCUT2D eigenvalue weighted by molar-refractivity contribution is -0.227. The summed E-state index contributed by atoms with van der Waals surface area (Å²) in [7, 11) is 1.37. The Hall–Kier alpha value is -2.58. The van der Waals surface area contributed by atoms with Gasteiger partial charge in [-0.25, -0.2) is 23.1 Å². The first kappa shape index (κ1) is 25.1. The molecule has 4 atom stereocenters. The van der Waals surface area contributed by atoms with Gasteiger partial charge in [0.15, 0.2) is 11.8 Å². The number of methoxy groups -OCH3 is 1. The Labute approximate surface area is 186 Å². The molecule has 0 bridgehead atoms. The van der Waals surface area contributed by atoms with Gasteiger partial charge in [0.2, 0.25) is 0 Å². The highest BCUT2D eigenvalue weighted by Gasteiger charge is 2.42. The summed E-state index contributed by atoms with van der Waals surface area (Å²) in [5.74, 6) is -3.12. The number of urea groups is 1. The van der Waals surface area contributed by atoms with Crippen LogP contribution in [-0.2, 0) is 9.47 Å². The molecule has 9 nitrogen and oxygen atoms in total. The van der Waals surface area contributed by atoms with Crippen LogP contribution in [0.4, 0.5) is 26.7 Å². The molecule has 2 aromatic rings. The number of hydrogen-bond donors (Lipinski definition) is 2. The van der Waals surface area contributed by atoms with Crippen molar-refractivity contribution in [3.8, 4) is 0 Å². The first-order valence-electron chi connectivity index (χ1n) is 10.1. The molecule has 1 saturated heterocycles. The molecule has 1 aliphatic rings. The van der Waals surface area contributed by atoms with E-state index in [0.717, 1.165) is 11.8 Å². The van der Waals surface area contributed by atoms with Crippen LogP contribution < -0.4 is 11.1 Å². The summed E-state index contributed by atoms with van der Waals surface area (Å²) in [4.78, 5) is 17.5. The van der Waals surface area contributed by atoms with Gasteiger partial charge in [0.05, 0.1) is 56.0 Å². The Morgan fingerprint density at radius 3 is 2.67 bits per heavy atom. The minimum absolute atomic E-state index is 0.0748. The average molecular weight is 480 g/mol. The fraction of sp³-hybridized carbons (Fsp3) is 0.632. The molecule has 0 aliphatic carbocycles. The van der Waals surface area contributed by atoms with Crippen molar-refractivity contribution in [1.29, 1.82) is 0 Å². The molecule has 3 heterocycles. The zero-order valence-electron chi connectivity index (χ0n) is 18.1. The molecule has 2 amide bonds. The third-order valence-corrected chi connectivity index (χ3v) is 5.33. The zero-order valence-corrected chi connectivity index (χ0v) is 18.1. The van der Waals surface area contributed by atoms with Crippen molar-refractivity contribution in [2.24, 2.45) is 5.73 Å². The molecule has 0 unspecified atom stereocenters. The number of nitrogens with two attached hydrogens (primary N) is 1. The maximum atomic E-state index is 13.9. The highest BCUT2D eigenvalue weighted by atomic mass is 19.4. The minimum atomic E-state index is -4.53. The standard InChI is InChI=1S/C19H25F5N6O3/c1-10(33-11(2)19(22,23)24)16(25)13-6-30-15(28-13)4-12(5-27-30)14(7-32-3)29-9-18(20,21)8-26-17(29)31/h4-6,10-11,14,16H,7-9,25H2,1-3H3,(H,26,31)/t10-,11+,14-,16+/m1/s1. The van der Waals surface area contributed by atoms with E-state index < -0.39 is 55.5 Å². The van der Waals surface area contributed by atoms with Gasteiger partial charge in [-0.15, -0.1) is 0 Å². The lowest BCUT2D eigenvalue weighted by atomic mass is 10.1. The summed E-state index contributed by atoms with van der Waals surface area (Å²) in [6, 6.07) is -1.00.